The van der Waals surface area contributed by atoms with Gasteiger partial charge in [-0.2, -0.15) is 5.10 Å². The lowest BCUT2D eigenvalue weighted by atomic mass is 9.91. The molecule has 0 spiro atoms. The third kappa shape index (κ3) is 4.54. The molecule has 2 amide bonds. The van der Waals surface area contributed by atoms with Gasteiger partial charge in [-0.1, -0.05) is 68.7 Å². The van der Waals surface area contributed by atoms with Gasteiger partial charge in [0.1, 0.15) is 17.1 Å². The number of aromatic nitrogens is 2. The molecule has 1 aliphatic heterocycles. The van der Waals surface area contributed by atoms with Crippen LogP contribution >= 0.6 is 0 Å². The Labute approximate surface area is 211 Å². The van der Waals surface area contributed by atoms with Gasteiger partial charge in [0.2, 0.25) is 5.91 Å². The quantitative estimate of drug-likeness (QED) is 0.524. The fraction of sp³-hybridized carbons (Fsp3) is 0.414. The van der Waals surface area contributed by atoms with E-state index in [9.17, 15) is 14.0 Å². The number of aryl methyl sites for hydroxylation is 1. The molecule has 1 aliphatic carbocycles. The van der Waals surface area contributed by atoms with Crippen molar-refractivity contribution in [3.63, 3.8) is 0 Å². The van der Waals surface area contributed by atoms with E-state index < -0.39 is 11.4 Å². The molecule has 1 atom stereocenters. The number of hydrogen-bond acceptors (Lipinski definition) is 3. The molecule has 0 unspecified atom stereocenters. The molecule has 2 heterocycles. The Kier molecular flexibility index (Phi) is 6.65. The van der Waals surface area contributed by atoms with Crippen LogP contribution in [0, 0.1) is 5.82 Å². The van der Waals surface area contributed by atoms with Crippen molar-refractivity contribution in [2.75, 3.05) is 0 Å². The maximum atomic E-state index is 14.6. The highest BCUT2D eigenvalue weighted by atomic mass is 19.1. The summed E-state index contributed by atoms with van der Waals surface area (Å²) in [7, 11) is 0. The van der Waals surface area contributed by atoms with E-state index in [2.05, 4.69) is 24.4 Å². The van der Waals surface area contributed by atoms with E-state index in [4.69, 9.17) is 5.10 Å². The number of fused-ring (bicyclic) bond motifs is 1. The number of amides is 2. The molecule has 3 aromatic rings. The van der Waals surface area contributed by atoms with E-state index in [0.717, 1.165) is 37.7 Å². The number of carbonyl (C=O) groups excluding carboxylic acids is 2. The van der Waals surface area contributed by atoms with E-state index in [1.807, 2.05) is 12.1 Å². The Balaban J connectivity index is 1.51. The van der Waals surface area contributed by atoms with Gasteiger partial charge >= 0.3 is 0 Å². The van der Waals surface area contributed by atoms with Gasteiger partial charge in [-0.3, -0.25) is 14.3 Å². The lowest BCUT2D eigenvalue weighted by Gasteiger charge is -2.44. The summed E-state index contributed by atoms with van der Waals surface area (Å²) in [5.41, 5.74) is 2.40. The zero-order valence-corrected chi connectivity index (χ0v) is 21.0. The highest BCUT2D eigenvalue weighted by Gasteiger charge is 2.48. The molecule has 2 aliphatic rings. The first-order valence-corrected chi connectivity index (χ1v) is 12.9. The van der Waals surface area contributed by atoms with Crippen molar-refractivity contribution in [2.24, 2.45) is 0 Å². The van der Waals surface area contributed by atoms with Crippen molar-refractivity contribution in [3.05, 3.63) is 77.2 Å². The number of hydrogen-bond donors (Lipinski definition) is 1. The monoisotopic (exact) mass is 488 g/mol. The van der Waals surface area contributed by atoms with Crippen LogP contribution in [0.5, 0.6) is 0 Å². The Morgan fingerprint density at radius 2 is 1.83 bits per heavy atom. The topological polar surface area (TPSA) is 67.2 Å². The predicted molar refractivity (Wildman–Crippen MR) is 137 cm³/mol. The van der Waals surface area contributed by atoms with Gasteiger partial charge in [0.15, 0.2) is 0 Å². The van der Waals surface area contributed by atoms with Crippen molar-refractivity contribution < 1.29 is 14.0 Å². The average Bonchev–Trinajstić information content (AvgIpc) is 3.32. The van der Waals surface area contributed by atoms with Crippen LogP contribution in [0.3, 0.4) is 0 Å². The van der Waals surface area contributed by atoms with E-state index in [0.29, 0.717) is 17.0 Å². The molecular formula is C29H33FN4O2. The van der Waals surface area contributed by atoms with E-state index in [-0.39, 0.29) is 30.9 Å². The lowest BCUT2D eigenvalue weighted by molar-refractivity contribution is -0.134. The number of benzene rings is 2. The summed E-state index contributed by atoms with van der Waals surface area (Å²) >= 11 is 0. The Morgan fingerprint density at radius 1 is 1.11 bits per heavy atom. The van der Waals surface area contributed by atoms with Gasteiger partial charge < -0.3 is 10.2 Å². The minimum Gasteiger partial charge on any atom is -0.351 e. The minimum absolute atomic E-state index is 0.00576. The summed E-state index contributed by atoms with van der Waals surface area (Å²) in [5.74, 6) is -0.931. The maximum Gasteiger partial charge on any atom is 0.273 e. The fourth-order valence-electron chi connectivity index (χ4n) is 5.33. The van der Waals surface area contributed by atoms with Crippen molar-refractivity contribution in [3.8, 4) is 11.3 Å². The largest absolute Gasteiger partial charge is 0.351 e. The van der Waals surface area contributed by atoms with Gasteiger partial charge in [0.25, 0.3) is 5.91 Å². The molecule has 1 N–H and O–H groups in total. The smallest absolute Gasteiger partial charge is 0.273 e. The lowest BCUT2D eigenvalue weighted by Crippen LogP contribution is -2.64. The second-order valence-electron chi connectivity index (χ2n) is 10.2. The molecule has 0 bridgehead atoms. The van der Waals surface area contributed by atoms with Crippen molar-refractivity contribution in [1.29, 1.82) is 0 Å². The molecule has 36 heavy (non-hydrogen) atoms. The van der Waals surface area contributed by atoms with Crippen LogP contribution in [0.4, 0.5) is 4.39 Å². The third-order valence-electron chi connectivity index (χ3n) is 7.67. The second kappa shape index (κ2) is 9.88. The molecule has 1 fully saturated rings. The summed E-state index contributed by atoms with van der Waals surface area (Å²) < 4.78 is 16.3. The average molecular weight is 489 g/mol. The number of rotatable bonds is 6. The maximum absolute atomic E-state index is 14.6. The van der Waals surface area contributed by atoms with Crippen LogP contribution in [-0.4, -0.2) is 38.1 Å². The van der Waals surface area contributed by atoms with Gasteiger partial charge in [-0.15, -0.1) is 0 Å². The van der Waals surface area contributed by atoms with Gasteiger partial charge in [0.05, 0.1) is 18.8 Å². The van der Waals surface area contributed by atoms with Crippen LogP contribution in [0.25, 0.3) is 11.3 Å². The summed E-state index contributed by atoms with van der Waals surface area (Å²) in [6.07, 6.45) is 6.17. The summed E-state index contributed by atoms with van der Waals surface area (Å²) in [4.78, 5) is 29.1. The van der Waals surface area contributed by atoms with Crippen LogP contribution in [0.2, 0.25) is 0 Å². The normalized spacial score (nSPS) is 20.3. The highest BCUT2D eigenvalue weighted by Crippen LogP contribution is 2.32. The SMILES string of the molecule is CCc1ccc(-c2cc3n(n2)C[C@@](C)(C(=O)NC2CCCCC2)N(Cc2ccccc2F)C3=O)cc1. The Hall–Kier alpha value is -3.48. The molecule has 1 aromatic heterocycles. The molecule has 7 heteroatoms. The van der Waals surface area contributed by atoms with Crippen molar-refractivity contribution in [1.82, 2.24) is 20.0 Å². The number of nitrogens with zero attached hydrogens (tertiary/aromatic N) is 3. The van der Waals surface area contributed by atoms with Crippen LogP contribution in [0.15, 0.2) is 54.6 Å². The summed E-state index contributed by atoms with van der Waals surface area (Å²) in [6, 6.07) is 16.4. The third-order valence-corrected chi connectivity index (χ3v) is 7.67. The van der Waals surface area contributed by atoms with Gasteiger partial charge in [0, 0.05) is 17.2 Å². The molecule has 6 nitrogen and oxygen atoms in total. The van der Waals surface area contributed by atoms with Crippen molar-refractivity contribution >= 4 is 11.8 Å². The standard InChI is InChI=1S/C29H33FN4O2/c1-3-20-13-15-21(16-14-20)25-17-26-27(35)33(18-22-9-7-8-12-24(22)30)29(2,19-34(26)32-25)28(36)31-23-10-5-4-6-11-23/h7-9,12-17,23H,3-6,10-11,18-19H2,1-2H3,(H,31,36)/t29-/m0/s1. The van der Waals surface area contributed by atoms with E-state index in [1.54, 1.807) is 35.9 Å². The molecule has 188 valence electrons. The second-order valence-corrected chi connectivity index (χ2v) is 10.2. The molecule has 0 radical (unpaired) electrons. The molecule has 5 rings (SSSR count). The van der Waals surface area contributed by atoms with Gasteiger partial charge in [-0.25, -0.2) is 4.39 Å². The molecule has 1 saturated carbocycles. The minimum atomic E-state index is -1.21. The fourth-order valence-corrected chi connectivity index (χ4v) is 5.33. The highest BCUT2D eigenvalue weighted by molar-refractivity contribution is 6.00. The van der Waals surface area contributed by atoms with E-state index in [1.165, 1.54) is 23.0 Å². The molecule has 0 saturated heterocycles. The van der Waals surface area contributed by atoms with E-state index >= 15 is 0 Å². The van der Waals surface area contributed by atoms with Crippen LogP contribution in [0.1, 0.15) is 67.6 Å². The Morgan fingerprint density at radius 3 is 2.53 bits per heavy atom. The summed E-state index contributed by atoms with van der Waals surface area (Å²) in [5, 5.41) is 7.92. The number of nitrogens with one attached hydrogen (secondary N) is 1. The number of halogens is 1. The molecular weight excluding hydrogens is 455 g/mol. The van der Waals surface area contributed by atoms with Crippen LogP contribution in [-0.2, 0) is 24.3 Å². The number of carbonyl (C=O) groups is 2. The van der Waals surface area contributed by atoms with Gasteiger partial charge in [-0.05, 0) is 43.9 Å². The first-order valence-electron chi connectivity index (χ1n) is 12.9. The first kappa shape index (κ1) is 24.2. The van der Waals surface area contributed by atoms with Crippen molar-refractivity contribution in [2.45, 2.75) is 77.0 Å². The zero-order chi connectivity index (χ0) is 25.3. The first-order chi connectivity index (χ1) is 17.4. The zero-order valence-electron chi connectivity index (χ0n) is 21.0. The van der Waals surface area contributed by atoms with Crippen LogP contribution < -0.4 is 5.32 Å². The Bertz CT molecular complexity index is 1260. The predicted octanol–water partition coefficient (Wildman–Crippen LogP) is 5.12. The summed E-state index contributed by atoms with van der Waals surface area (Å²) in [6.45, 7) is 4.08. The molecule has 2 aromatic carbocycles.